The van der Waals surface area contributed by atoms with Crippen LogP contribution in [0.3, 0.4) is 0 Å². The van der Waals surface area contributed by atoms with Crippen LogP contribution >= 0.6 is 0 Å². The predicted molar refractivity (Wildman–Crippen MR) is 88.4 cm³/mol. The normalized spacial score (nSPS) is 11.7. The number of rotatable bonds is 7. The van der Waals surface area contributed by atoms with E-state index in [9.17, 15) is 13.2 Å². The quantitative estimate of drug-likeness (QED) is 0.763. The maximum absolute atomic E-state index is 12.0. The molecule has 0 radical (unpaired) electrons. The molecule has 0 unspecified atom stereocenters. The largest absolute Gasteiger partial charge is 0.478 e. The van der Waals surface area contributed by atoms with Crippen molar-refractivity contribution in [2.24, 2.45) is 0 Å². The average molecular weight is 331 g/mol. The molecule has 0 aliphatic carbocycles. The second kappa shape index (κ2) is 7.71. The second-order valence-corrected chi connectivity index (χ2v) is 6.64. The molecule has 23 heavy (non-hydrogen) atoms. The van der Waals surface area contributed by atoms with Crippen molar-refractivity contribution in [1.82, 2.24) is 4.72 Å². The van der Waals surface area contributed by atoms with Gasteiger partial charge in [0.1, 0.15) is 0 Å². The van der Waals surface area contributed by atoms with Crippen LogP contribution in [0.2, 0.25) is 0 Å². The average Bonchev–Trinajstić information content (AvgIpc) is 2.55. The Kier molecular flexibility index (Phi) is 5.67. The predicted octanol–water partition coefficient (Wildman–Crippen LogP) is 2.31. The minimum absolute atomic E-state index is 0.245. The summed E-state index contributed by atoms with van der Waals surface area (Å²) in [7, 11) is -3.48. The van der Waals surface area contributed by atoms with E-state index in [0.29, 0.717) is 13.0 Å². The van der Waals surface area contributed by atoms with E-state index < -0.39 is 16.0 Å². The van der Waals surface area contributed by atoms with Gasteiger partial charge in [-0.25, -0.2) is 17.9 Å². The van der Waals surface area contributed by atoms with Gasteiger partial charge in [0, 0.05) is 12.6 Å². The Morgan fingerprint density at radius 1 is 1.04 bits per heavy atom. The van der Waals surface area contributed by atoms with Crippen LogP contribution in [-0.4, -0.2) is 26.0 Å². The first-order valence-corrected chi connectivity index (χ1v) is 8.50. The number of carboxylic acids is 1. The summed E-state index contributed by atoms with van der Waals surface area (Å²) < 4.78 is 26.7. The van der Waals surface area contributed by atoms with Gasteiger partial charge in [-0.3, -0.25) is 0 Å². The molecule has 0 heterocycles. The van der Waals surface area contributed by atoms with E-state index >= 15 is 0 Å². The molecule has 2 rings (SSSR count). The Labute approximate surface area is 135 Å². The summed E-state index contributed by atoms with van der Waals surface area (Å²) >= 11 is 0. The third-order valence-electron chi connectivity index (χ3n) is 3.16. The van der Waals surface area contributed by atoms with Crippen LogP contribution in [0, 0.1) is 0 Å². The molecule has 0 aliphatic heterocycles. The zero-order valence-corrected chi connectivity index (χ0v) is 13.2. The van der Waals surface area contributed by atoms with Crippen molar-refractivity contribution in [2.75, 3.05) is 6.54 Å². The number of carbonyl (C=O) groups is 1. The highest BCUT2D eigenvalue weighted by Gasteiger charge is 2.11. The number of sulfonamides is 1. The summed E-state index contributed by atoms with van der Waals surface area (Å²) in [6.45, 7) is 0.293. The monoisotopic (exact) mass is 331 g/mol. The van der Waals surface area contributed by atoms with Gasteiger partial charge in [0.25, 0.3) is 0 Å². The highest BCUT2D eigenvalue weighted by Crippen LogP contribution is 2.09. The van der Waals surface area contributed by atoms with Gasteiger partial charge in [0.15, 0.2) is 0 Å². The SMILES string of the molecule is O=C(O)/C=C/c1ccc(CCNS(=O)(=O)c2ccccc2)cc1. The molecule has 0 atom stereocenters. The van der Waals surface area contributed by atoms with Gasteiger partial charge < -0.3 is 5.11 Å². The fraction of sp³-hybridized carbons (Fsp3) is 0.118. The third kappa shape index (κ3) is 5.36. The second-order valence-electron chi connectivity index (χ2n) is 4.87. The topological polar surface area (TPSA) is 83.5 Å². The molecule has 0 bridgehead atoms. The smallest absolute Gasteiger partial charge is 0.328 e. The number of benzene rings is 2. The maximum atomic E-state index is 12.0. The first kappa shape index (κ1) is 16.9. The lowest BCUT2D eigenvalue weighted by atomic mass is 10.1. The highest BCUT2D eigenvalue weighted by atomic mass is 32.2. The molecule has 0 aromatic heterocycles. The van der Waals surface area contributed by atoms with Crippen molar-refractivity contribution < 1.29 is 18.3 Å². The van der Waals surface area contributed by atoms with Gasteiger partial charge in [-0.15, -0.1) is 0 Å². The molecule has 0 fully saturated rings. The Bertz CT molecular complexity index is 781. The Balaban J connectivity index is 1.90. The molecule has 0 spiro atoms. The summed E-state index contributed by atoms with van der Waals surface area (Å²) in [5.74, 6) is -0.996. The summed E-state index contributed by atoms with van der Waals surface area (Å²) in [4.78, 5) is 10.7. The van der Waals surface area contributed by atoms with Gasteiger partial charge in [-0.2, -0.15) is 0 Å². The van der Waals surface area contributed by atoms with Gasteiger partial charge in [0.05, 0.1) is 4.90 Å². The first-order chi connectivity index (χ1) is 11.0. The van der Waals surface area contributed by atoms with E-state index in [4.69, 9.17) is 5.11 Å². The van der Waals surface area contributed by atoms with E-state index in [2.05, 4.69) is 4.72 Å². The van der Waals surface area contributed by atoms with Crippen LogP contribution in [0.4, 0.5) is 0 Å². The van der Waals surface area contributed by atoms with Crippen LogP contribution in [0.5, 0.6) is 0 Å². The molecule has 0 amide bonds. The fourth-order valence-corrected chi connectivity index (χ4v) is 3.03. The van der Waals surface area contributed by atoms with Gasteiger partial charge in [-0.05, 0) is 35.8 Å². The van der Waals surface area contributed by atoms with Crippen molar-refractivity contribution in [3.8, 4) is 0 Å². The molecular formula is C17H17NO4S. The molecule has 2 aromatic rings. The van der Waals surface area contributed by atoms with Crippen molar-refractivity contribution in [2.45, 2.75) is 11.3 Å². The van der Waals surface area contributed by atoms with Gasteiger partial charge in [0.2, 0.25) is 10.0 Å². The molecule has 120 valence electrons. The molecule has 2 N–H and O–H groups in total. The molecule has 0 saturated carbocycles. The van der Waals surface area contributed by atoms with Crippen molar-refractivity contribution in [1.29, 1.82) is 0 Å². The minimum atomic E-state index is -3.48. The zero-order chi connectivity index (χ0) is 16.7. The number of aliphatic carboxylic acids is 1. The van der Waals surface area contributed by atoms with Crippen molar-refractivity contribution >= 4 is 22.1 Å². The lowest BCUT2D eigenvalue weighted by Gasteiger charge is -2.07. The summed E-state index contributed by atoms with van der Waals surface area (Å²) in [6.07, 6.45) is 3.13. The minimum Gasteiger partial charge on any atom is -0.478 e. The van der Waals surface area contributed by atoms with Crippen molar-refractivity contribution in [3.05, 3.63) is 71.8 Å². The lowest BCUT2D eigenvalue weighted by molar-refractivity contribution is -0.131. The van der Waals surface area contributed by atoms with Crippen LogP contribution in [0.25, 0.3) is 6.08 Å². The van der Waals surface area contributed by atoms with E-state index in [0.717, 1.165) is 17.2 Å². The van der Waals surface area contributed by atoms with Crippen LogP contribution in [0.15, 0.2) is 65.6 Å². The molecule has 0 aliphatic rings. The third-order valence-corrected chi connectivity index (χ3v) is 4.63. The summed E-state index contributed by atoms with van der Waals surface area (Å²) in [6, 6.07) is 15.5. The van der Waals surface area contributed by atoms with E-state index in [-0.39, 0.29) is 4.90 Å². The number of hydrogen-bond acceptors (Lipinski definition) is 3. The molecule has 5 nitrogen and oxygen atoms in total. The Hall–Kier alpha value is -2.44. The number of nitrogens with one attached hydrogen (secondary N) is 1. The van der Waals surface area contributed by atoms with Crippen molar-refractivity contribution in [3.63, 3.8) is 0 Å². The molecule has 2 aromatic carbocycles. The molecular weight excluding hydrogens is 314 g/mol. The number of carboxylic acid groups (broad SMARTS) is 1. The number of hydrogen-bond donors (Lipinski definition) is 2. The Morgan fingerprint density at radius 3 is 2.30 bits per heavy atom. The van der Waals surface area contributed by atoms with E-state index in [1.54, 1.807) is 42.5 Å². The summed E-state index contributed by atoms with van der Waals surface area (Å²) in [5, 5.41) is 8.56. The first-order valence-electron chi connectivity index (χ1n) is 7.02. The van der Waals surface area contributed by atoms with E-state index in [1.165, 1.54) is 6.08 Å². The van der Waals surface area contributed by atoms with Crippen LogP contribution in [0.1, 0.15) is 11.1 Å². The van der Waals surface area contributed by atoms with Gasteiger partial charge >= 0.3 is 5.97 Å². The standard InChI is InChI=1S/C17H17NO4S/c19-17(20)11-10-14-6-8-15(9-7-14)12-13-18-23(21,22)16-4-2-1-3-5-16/h1-11,18H,12-13H2,(H,19,20)/b11-10+. The van der Waals surface area contributed by atoms with E-state index in [1.807, 2.05) is 12.1 Å². The fourth-order valence-electron chi connectivity index (χ4n) is 1.98. The Morgan fingerprint density at radius 2 is 1.70 bits per heavy atom. The zero-order valence-electron chi connectivity index (χ0n) is 12.3. The van der Waals surface area contributed by atoms with Crippen LogP contribution in [-0.2, 0) is 21.2 Å². The summed E-state index contributed by atoms with van der Waals surface area (Å²) in [5.41, 5.74) is 1.74. The maximum Gasteiger partial charge on any atom is 0.328 e. The van der Waals surface area contributed by atoms with Crippen LogP contribution < -0.4 is 4.72 Å². The molecule has 0 saturated heterocycles. The molecule has 6 heteroatoms. The highest BCUT2D eigenvalue weighted by molar-refractivity contribution is 7.89. The van der Waals surface area contributed by atoms with Gasteiger partial charge in [-0.1, -0.05) is 42.5 Å². The lowest BCUT2D eigenvalue weighted by Crippen LogP contribution is -2.25.